The summed E-state index contributed by atoms with van der Waals surface area (Å²) in [6, 6.07) is 4.95. The summed E-state index contributed by atoms with van der Waals surface area (Å²) in [5.41, 5.74) is 0.336. The van der Waals surface area contributed by atoms with Crippen LogP contribution in [0.1, 0.15) is 6.92 Å². The van der Waals surface area contributed by atoms with Gasteiger partial charge in [-0.2, -0.15) is 0 Å². The zero-order valence-electron chi connectivity index (χ0n) is 10.5. The van der Waals surface area contributed by atoms with Crippen molar-refractivity contribution in [1.82, 2.24) is 4.98 Å². The number of nitrogens with one attached hydrogen (secondary N) is 2. The minimum atomic E-state index is -0.952. The summed E-state index contributed by atoms with van der Waals surface area (Å²) in [6.07, 6.45) is 0. The molecule has 7 heteroatoms. The zero-order valence-corrected chi connectivity index (χ0v) is 12.0. The Labute approximate surface area is 124 Å². The molecular formula is C13H11Cl2F2N3. The highest BCUT2D eigenvalue weighted by Crippen LogP contribution is 2.31. The molecule has 0 fully saturated rings. The summed E-state index contributed by atoms with van der Waals surface area (Å²) in [6.45, 7) is 2.54. The van der Waals surface area contributed by atoms with Gasteiger partial charge in [-0.15, -0.1) is 0 Å². The third kappa shape index (κ3) is 3.29. The summed E-state index contributed by atoms with van der Waals surface area (Å²) in [5.74, 6) is -1.10. The molecule has 0 unspecified atom stereocenters. The van der Waals surface area contributed by atoms with Gasteiger partial charge in [-0.05, 0) is 25.1 Å². The van der Waals surface area contributed by atoms with Crippen LogP contribution in [-0.2, 0) is 0 Å². The van der Waals surface area contributed by atoms with Gasteiger partial charge in [0, 0.05) is 18.3 Å². The minimum absolute atomic E-state index is 0.279. The van der Waals surface area contributed by atoms with E-state index in [1.54, 1.807) is 0 Å². The fourth-order valence-electron chi connectivity index (χ4n) is 1.56. The maximum atomic E-state index is 13.1. The maximum absolute atomic E-state index is 13.1. The molecule has 0 aliphatic carbocycles. The van der Waals surface area contributed by atoms with Crippen molar-refractivity contribution in [1.29, 1.82) is 0 Å². The molecule has 1 aromatic carbocycles. The Morgan fingerprint density at radius 2 is 1.75 bits per heavy atom. The van der Waals surface area contributed by atoms with Gasteiger partial charge in [0.05, 0.1) is 10.0 Å². The number of aromatic nitrogens is 1. The number of nitrogens with zero attached hydrogens (tertiary/aromatic N) is 1. The van der Waals surface area contributed by atoms with Gasteiger partial charge in [0.2, 0.25) is 0 Å². The van der Waals surface area contributed by atoms with Crippen LogP contribution < -0.4 is 10.6 Å². The molecule has 0 saturated carbocycles. The predicted octanol–water partition coefficient (Wildman–Crippen LogP) is 4.84. The lowest BCUT2D eigenvalue weighted by Crippen LogP contribution is -2.03. The summed E-state index contributed by atoms with van der Waals surface area (Å²) >= 11 is 12.0. The first-order valence-corrected chi connectivity index (χ1v) is 6.59. The SMILES string of the molecule is CCNc1nc(Nc2ccc(F)c(F)c2)c(Cl)cc1Cl. The smallest absolute Gasteiger partial charge is 0.160 e. The van der Waals surface area contributed by atoms with Crippen LogP contribution in [0.2, 0.25) is 10.0 Å². The molecule has 106 valence electrons. The minimum Gasteiger partial charge on any atom is -0.369 e. The summed E-state index contributed by atoms with van der Waals surface area (Å²) in [7, 11) is 0. The van der Waals surface area contributed by atoms with Crippen LogP contribution in [0.25, 0.3) is 0 Å². The third-order valence-corrected chi connectivity index (χ3v) is 3.03. The van der Waals surface area contributed by atoms with Crippen molar-refractivity contribution >= 4 is 40.5 Å². The van der Waals surface area contributed by atoms with Crippen molar-refractivity contribution in [2.45, 2.75) is 6.92 Å². The zero-order chi connectivity index (χ0) is 14.7. The highest BCUT2D eigenvalue weighted by Gasteiger charge is 2.10. The Kier molecular flexibility index (Phi) is 4.62. The monoisotopic (exact) mass is 317 g/mol. The fourth-order valence-corrected chi connectivity index (χ4v) is 2.03. The van der Waals surface area contributed by atoms with Crippen molar-refractivity contribution in [2.24, 2.45) is 0 Å². The lowest BCUT2D eigenvalue weighted by Gasteiger charge is -2.11. The van der Waals surface area contributed by atoms with Crippen LogP contribution in [0, 0.1) is 11.6 Å². The van der Waals surface area contributed by atoms with Gasteiger partial charge < -0.3 is 10.6 Å². The van der Waals surface area contributed by atoms with Crippen molar-refractivity contribution < 1.29 is 8.78 Å². The Balaban J connectivity index is 2.32. The molecule has 0 aliphatic heterocycles. The van der Waals surface area contributed by atoms with E-state index < -0.39 is 11.6 Å². The average molecular weight is 318 g/mol. The summed E-state index contributed by atoms with van der Waals surface area (Å²) < 4.78 is 26.0. The predicted molar refractivity (Wildman–Crippen MR) is 78.1 cm³/mol. The van der Waals surface area contributed by atoms with Gasteiger partial charge in [0.15, 0.2) is 17.5 Å². The first-order chi connectivity index (χ1) is 9.51. The van der Waals surface area contributed by atoms with E-state index in [9.17, 15) is 8.78 Å². The van der Waals surface area contributed by atoms with Crippen molar-refractivity contribution in [3.63, 3.8) is 0 Å². The van der Waals surface area contributed by atoms with Gasteiger partial charge in [0.1, 0.15) is 5.82 Å². The van der Waals surface area contributed by atoms with Gasteiger partial charge in [-0.25, -0.2) is 13.8 Å². The molecule has 3 nitrogen and oxygen atoms in total. The Morgan fingerprint density at radius 3 is 2.40 bits per heavy atom. The van der Waals surface area contributed by atoms with E-state index in [0.717, 1.165) is 12.1 Å². The normalized spacial score (nSPS) is 10.4. The highest BCUT2D eigenvalue weighted by molar-refractivity contribution is 6.37. The number of hydrogen-bond donors (Lipinski definition) is 2. The van der Waals surface area contributed by atoms with E-state index in [1.165, 1.54) is 12.1 Å². The van der Waals surface area contributed by atoms with Crippen LogP contribution in [0.4, 0.5) is 26.1 Å². The first-order valence-electron chi connectivity index (χ1n) is 5.83. The molecular weight excluding hydrogens is 307 g/mol. The molecule has 2 rings (SSSR count). The highest BCUT2D eigenvalue weighted by atomic mass is 35.5. The topological polar surface area (TPSA) is 37.0 Å². The summed E-state index contributed by atoms with van der Waals surface area (Å²) in [5, 5.41) is 6.45. The molecule has 0 saturated heterocycles. The molecule has 0 atom stereocenters. The van der Waals surface area contributed by atoms with Gasteiger partial charge in [-0.3, -0.25) is 0 Å². The Bertz CT molecular complexity index is 635. The largest absolute Gasteiger partial charge is 0.369 e. The average Bonchev–Trinajstić information content (AvgIpc) is 2.39. The van der Waals surface area contributed by atoms with E-state index in [4.69, 9.17) is 23.2 Å². The molecule has 0 amide bonds. The lowest BCUT2D eigenvalue weighted by molar-refractivity contribution is 0.509. The third-order valence-electron chi connectivity index (χ3n) is 2.46. The maximum Gasteiger partial charge on any atom is 0.160 e. The van der Waals surface area contributed by atoms with E-state index in [0.29, 0.717) is 28.9 Å². The molecule has 2 N–H and O–H groups in total. The lowest BCUT2D eigenvalue weighted by atomic mass is 10.3. The van der Waals surface area contributed by atoms with Crippen LogP contribution in [-0.4, -0.2) is 11.5 Å². The Hall–Kier alpha value is -1.59. The molecule has 20 heavy (non-hydrogen) atoms. The number of benzene rings is 1. The second-order valence-corrected chi connectivity index (χ2v) is 4.75. The molecule has 2 aromatic rings. The second kappa shape index (κ2) is 6.24. The van der Waals surface area contributed by atoms with Crippen LogP contribution in [0.3, 0.4) is 0 Å². The van der Waals surface area contributed by atoms with Gasteiger partial charge >= 0.3 is 0 Å². The first kappa shape index (κ1) is 14.8. The van der Waals surface area contributed by atoms with Gasteiger partial charge in [0.25, 0.3) is 0 Å². The quantitative estimate of drug-likeness (QED) is 0.847. The second-order valence-electron chi connectivity index (χ2n) is 3.93. The van der Waals surface area contributed by atoms with Gasteiger partial charge in [-0.1, -0.05) is 23.2 Å². The molecule has 1 heterocycles. The standard InChI is InChI=1S/C13H11Cl2F2N3/c1-2-18-12-8(14)6-9(15)13(20-12)19-7-3-4-10(16)11(17)5-7/h3-6H,2H2,1H3,(H2,18,19,20). The molecule has 1 aromatic heterocycles. The Morgan fingerprint density at radius 1 is 1.05 bits per heavy atom. The van der Waals surface area contributed by atoms with Crippen LogP contribution >= 0.6 is 23.2 Å². The van der Waals surface area contributed by atoms with E-state index in [2.05, 4.69) is 15.6 Å². The molecule has 0 spiro atoms. The summed E-state index contributed by atoms with van der Waals surface area (Å²) in [4.78, 5) is 4.21. The van der Waals surface area contributed by atoms with Crippen molar-refractivity contribution in [3.05, 3.63) is 45.9 Å². The van der Waals surface area contributed by atoms with E-state index in [-0.39, 0.29) is 5.02 Å². The number of pyridine rings is 1. The number of anilines is 3. The fraction of sp³-hybridized carbons (Fsp3) is 0.154. The van der Waals surface area contributed by atoms with E-state index >= 15 is 0 Å². The molecule has 0 bridgehead atoms. The van der Waals surface area contributed by atoms with Crippen molar-refractivity contribution in [2.75, 3.05) is 17.2 Å². The molecule has 0 radical (unpaired) electrons. The molecule has 0 aliphatic rings. The number of hydrogen-bond acceptors (Lipinski definition) is 3. The number of rotatable bonds is 4. The van der Waals surface area contributed by atoms with Crippen molar-refractivity contribution in [3.8, 4) is 0 Å². The van der Waals surface area contributed by atoms with Crippen LogP contribution in [0.15, 0.2) is 24.3 Å². The number of halogens is 4. The van der Waals surface area contributed by atoms with Crippen LogP contribution in [0.5, 0.6) is 0 Å². The van der Waals surface area contributed by atoms with E-state index in [1.807, 2.05) is 6.92 Å².